The Labute approximate surface area is 83.7 Å². The lowest BCUT2D eigenvalue weighted by molar-refractivity contribution is 0.274. The first-order chi connectivity index (χ1) is 6.56. The van der Waals surface area contributed by atoms with E-state index in [1.165, 1.54) is 0 Å². The Kier molecular flexibility index (Phi) is 3.25. The molecule has 0 aliphatic heterocycles. The van der Waals surface area contributed by atoms with Gasteiger partial charge in [0.1, 0.15) is 5.75 Å². The summed E-state index contributed by atoms with van der Waals surface area (Å²) in [5.41, 5.74) is 2.96. The Morgan fingerprint density at radius 1 is 1.50 bits per heavy atom. The van der Waals surface area contributed by atoms with E-state index in [9.17, 15) is 5.11 Å². The predicted molar refractivity (Wildman–Crippen MR) is 55.9 cm³/mol. The number of rotatable bonds is 2. The molecule has 0 aliphatic rings. The summed E-state index contributed by atoms with van der Waals surface area (Å²) in [4.78, 5) is 4.03. The first-order valence-electron chi connectivity index (χ1n) is 4.49. The molecule has 1 aromatic heterocycles. The van der Waals surface area contributed by atoms with Crippen molar-refractivity contribution < 1.29 is 10.2 Å². The number of aliphatic hydroxyl groups is 1. The van der Waals surface area contributed by atoms with Gasteiger partial charge in [0.15, 0.2) is 0 Å². The maximum atomic E-state index is 9.64. The number of hydrogen-bond donors (Lipinski definition) is 2. The number of allylic oxidation sites excluding steroid dienone is 1. The van der Waals surface area contributed by atoms with Gasteiger partial charge < -0.3 is 10.2 Å². The fraction of sp³-hybridized carbons (Fsp3) is 0.364. The van der Waals surface area contributed by atoms with Crippen LogP contribution in [-0.4, -0.2) is 15.2 Å². The van der Waals surface area contributed by atoms with Gasteiger partial charge in [0, 0.05) is 17.3 Å². The van der Waals surface area contributed by atoms with Crippen molar-refractivity contribution in [1.29, 1.82) is 0 Å². The quantitative estimate of drug-likeness (QED) is 0.755. The van der Waals surface area contributed by atoms with Gasteiger partial charge in [0.25, 0.3) is 0 Å². The normalized spacial score (nSPS) is 10.0. The monoisotopic (exact) mass is 193 g/mol. The second-order valence-electron chi connectivity index (χ2n) is 3.51. The molecule has 0 atom stereocenters. The van der Waals surface area contributed by atoms with Crippen LogP contribution >= 0.6 is 0 Å². The van der Waals surface area contributed by atoms with Gasteiger partial charge in [-0.05, 0) is 20.8 Å². The van der Waals surface area contributed by atoms with Crippen LogP contribution in [0.25, 0.3) is 6.08 Å². The third-order valence-corrected chi connectivity index (χ3v) is 1.98. The van der Waals surface area contributed by atoms with Gasteiger partial charge in [0.05, 0.1) is 12.3 Å². The number of nitrogens with zero attached hydrogens (tertiary/aromatic N) is 1. The smallest absolute Gasteiger partial charge is 0.142 e. The zero-order valence-electron chi connectivity index (χ0n) is 8.70. The second kappa shape index (κ2) is 4.24. The Morgan fingerprint density at radius 3 is 2.64 bits per heavy atom. The van der Waals surface area contributed by atoms with Crippen LogP contribution in [0.5, 0.6) is 5.75 Å². The fourth-order valence-corrected chi connectivity index (χ4v) is 1.26. The average Bonchev–Trinajstić information content (AvgIpc) is 2.11. The molecule has 0 unspecified atom stereocenters. The molecule has 76 valence electrons. The zero-order valence-corrected chi connectivity index (χ0v) is 8.70. The van der Waals surface area contributed by atoms with Crippen molar-refractivity contribution >= 4 is 6.08 Å². The molecule has 0 aliphatic carbocycles. The van der Waals surface area contributed by atoms with Crippen molar-refractivity contribution in [2.24, 2.45) is 0 Å². The van der Waals surface area contributed by atoms with E-state index >= 15 is 0 Å². The summed E-state index contributed by atoms with van der Waals surface area (Å²) in [6.45, 7) is 5.45. The highest BCUT2D eigenvalue weighted by molar-refractivity contribution is 5.58. The summed E-state index contributed by atoms with van der Waals surface area (Å²) < 4.78 is 0. The minimum absolute atomic E-state index is 0.0856. The van der Waals surface area contributed by atoms with Crippen molar-refractivity contribution in [3.63, 3.8) is 0 Å². The van der Waals surface area contributed by atoms with Crippen LogP contribution in [0.4, 0.5) is 0 Å². The van der Waals surface area contributed by atoms with E-state index in [0.29, 0.717) is 11.3 Å². The number of aliphatic hydroxyl groups excluding tert-OH is 1. The maximum Gasteiger partial charge on any atom is 0.142 e. The van der Waals surface area contributed by atoms with Gasteiger partial charge in [-0.25, -0.2) is 0 Å². The Hall–Kier alpha value is -1.35. The SMILES string of the molecule is CC(C)=Cc1cnc(C)c(O)c1CO. The molecule has 14 heavy (non-hydrogen) atoms. The van der Waals surface area contributed by atoms with E-state index in [0.717, 1.165) is 11.1 Å². The second-order valence-corrected chi connectivity index (χ2v) is 3.51. The molecule has 0 spiro atoms. The number of aromatic hydroxyl groups is 1. The van der Waals surface area contributed by atoms with Crippen LogP contribution in [0.1, 0.15) is 30.7 Å². The Morgan fingerprint density at radius 2 is 2.14 bits per heavy atom. The molecule has 0 saturated heterocycles. The van der Waals surface area contributed by atoms with Crippen molar-refractivity contribution in [2.75, 3.05) is 0 Å². The van der Waals surface area contributed by atoms with Crippen LogP contribution < -0.4 is 0 Å². The summed E-state index contributed by atoms with van der Waals surface area (Å²) in [5.74, 6) is 0.0856. The van der Waals surface area contributed by atoms with Crippen molar-refractivity contribution in [3.8, 4) is 5.75 Å². The van der Waals surface area contributed by atoms with Gasteiger partial charge in [-0.1, -0.05) is 11.6 Å². The molecule has 2 N–H and O–H groups in total. The largest absolute Gasteiger partial charge is 0.506 e. The molecular formula is C11H15NO2. The number of aryl methyl sites for hydroxylation is 1. The highest BCUT2D eigenvalue weighted by atomic mass is 16.3. The summed E-state index contributed by atoms with van der Waals surface area (Å²) in [7, 11) is 0. The molecule has 1 rings (SSSR count). The van der Waals surface area contributed by atoms with Crippen LogP contribution in [0.2, 0.25) is 0 Å². The van der Waals surface area contributed by atoms with Crippen molar-refractivity contribution in [2.45, 2.75) is 27.4 Å². The summed E-state index contributed by atoms with van der Waals surface area (Å²) >= 11 is 0. The molecule has 0 amide bonds. The molecule has 0 aromatic carbocycles. The summed E-state index contributed by atoms with van der Waals surface area (Å²) in [6.07, 6.45) is 3.55. The molecule has 0 bridgehead atoms. The standard InChI is InChI=1S/C11H15NO2/c1-7(2)4-9-5-12-8(3)11(14)10(9)6-13/h4-5,13-14H,6H2,1-3H3. The molecule has 1 heterocycles. The molecule has 3 heteroatoms. The van der Waals surface area contributed by atoms with E-state index in [1.54, 1.807) is 13.1 Å². The summed E-state index contributed by atoms with van der Waals surface area (Å²) in [6, 6.07) is 0. The fourth-order valence-electron chi connectivity index (χ4n) is 1.26. The van der Waals surface area contributed by atoms with E-state index < -0.39 is 0 Å². The number of pyridine rings is 1. The predicted octanol–water partition coefficient (Wildman–Crippen LogP) is 2.01. The van der Waals surface area contributed by atoms with Crippen molar-refractivity contribution in [3.05, 3.63) is 28.6 Å². The van der Waals surface area contributed by atoms with Crippen LogP contribution in [0.3, 0.4) is 0 Å². The molecule has 1 aromatic rings. The maximum absolute atomic E-state index is 9.64. The van der Waals surface area contributed by atoms with Gasteiger partial charge in [-0.15, -0.1) is 0 Å². The first-order valence-corrected chi connectivity index (χ1v) is 4.49. The van der Waals surface area contributed by atoms with E-state index in [2.05, 4.69) is 4.98 Å². The number of aromatic nitrogens is 1. The number of hydrogen-bond acceptors (Lipinski definition) is 3. The lowest BCUT2D eigenvalue weighted by Crippen LogP contribution is -1.94. The Balaban J connectivity index is 3.31. The van der Waals surface area contributed by atoms with E-state index in [1.807, 2.05) is 19.9 Å². The minimum atomic E-state index is -0.172. The summed E-state index contributed by atoms with van der Waals surface area (Å²) in [5, 5.41) is 18.8. The van der Waals surface area contributed by atoms with E-state index in [-0.39, 0.29) is 12.4 Å². The topological polar surface area (TPSA) is 53.4 Å². The highest BCUT2D eigenvalue weighted by Crippen LogP contribution is 2.25. The highest BCUT2D eigenvalue weighted by Gasteiger charge is 2.08. The first kappa shape index (κ1) is 10.7. The van der Waals surface area contributed by atoms with E-state index in [4.69, 9.17) is 5.11 Å². The molecule has 0 fully saturated rings. The van der Waals surface area contributed by atoms with Gasteiger partial charge in [-0.3, -0.25) is 4.98 Å². The average molecular weight is 193 g/mol. The molecule has 0 saturated carbocycles. The molecular weight excluding hydrogens is 178 g/mol. The van der Waals surface area contributed by atoms with Crippen LogP contribution in [0.15, 0.2) is 11.8 Å². The van der Waals surface area contributed by atoms with Gasteiger partial charge in [-0.2, -0.15) is 0 Å². The zero-order chi connectivity index (χ0) is 10.7. The minimum Gasteiger partial charge on any atom is -0.506 e. The molecule has 0 radical (unpaired) electrons. The van der Waals surface area contributed by atoms with Gasteiger partial charge >= 0.3 is 0 Å². The van der Waals surface area contributed by atoms with Crippen LogP contribution in [-0.2, 0) is 6.61 Å². The third-order valence-electron chi connectivity index (χ3n) is 1.98. The lowest BCUT2D eigenvalue weighted by Gasteiger charge is -2.07. The third kappa shape index (κ3) is 2.12. The Bertz CT molecular complexity index is 366. The lowest BCUT2D eigenvalue weighted by atomic mass is 10.1. The van der Waals surface area contributed by atoms with Crippen molar-refractivity contribution in [1.82, 2.24) is 4.98 Å². The van der Waals surface area contributed by atoms with Crippen LogP contribution in [0, 0.1) is 6.92 Å². The van der Waals surface area contributed by atoms with Gasteiger partial charge in [0.2, 0.25) is 0 Å². The molecule has 3 nitrogen and oxygen atoms in total.